The summed E-state index contributed by atoms with van der Waals surface area (Å²) in [5.74, 6) is -3.80. The molecule has 0 atom stereocenters. The van der Waals surface area contributed by atoms with Crippen LogP contribution in [-0.2, 0) is 33.4 Å². The Balaban J connectivity index is 2.65. The Kier molecular flexibility index (Phi) is 17.4. The molecule has 0 aromatic rings. The molecule has 1 aliphatic heterocycles. The number of aliphatic imine (C=N–C) groups is 1. The van der Waals surface area contributed by atoms with Crippen LogP contribution in [0.3, 0.4) is 0 Å². The van der Waals surface area contributed by atoms with E-state index in [1.807, 2.05) is 4.90 Å². The number of ether oxygens (including phenoxy) is 2. The van der Waals surface area contributed by atoms with E-state index in [-0.39, 0.29) is 65.1 Å². The molecule has 1 saturated heterocycles. The molecule has 1 rings (SSSR count). The predicted molar refractivity (Wildman–Crippen MR) is 138 cm³/mol. The van der Waals surface area contributed by atoms with Crippen molar-refractivity contribution >= 4 is 36.4 Å². The van der Waals surface area contributed by atoms with Gasteiger partial charge in [0.1, 0.15) is 6.61 Å². The van der Waals surface area contributed by atoms with Crippen LogP contribution in [0.25, 0.3) is 0 Å². The minimum atomic E-state index is -1.02. The molecule has 16 nitrogen and oxygen atoms in total. The molecule has 1 fully saturated rings. The van der Waals surface area contributed by atoms with Crippen LogP contribution < -0.4 is 5.32 Å². The molecule has 16 heteroatoms. The summed E-state index contributed by atoms with van der Waals surface area (Å²) in [5.41, 5.74) is 0. The van der Waals surface area contributed by atoms with Gasteiger partial charge in [-0.2, -0.15) is 0 Å². The normalized spacial score (nSPS) is 17.0. The number of carboxylic acids is 3. The number of rotatable bonds is 16. The molecule has 0 spiro atoms. The summed E-state index contributed by atoms with van der Waals surface area (Å²) in [6.07, 6.45) is 0. The molecule has 0 aromatic heterocycles. The van der Waals surface area contributed by atoms with Gasteiger partial charge in [-0.25, -0.2) is 4.99 Å². The zero-order valence-corrected chi connectivity index (χ0v) is 22.2. The van der Waals surface area contributed by atoms with E-state index in [9.17, 15) is 39.3 Å². The van der Waals surface area contributed by atoms with Crippen molar-refractivity contribution in [3.63, 3.8) is 0 Å². The zero-order valence-electron chi connectivity index (χ0n) is 22.2. The third-order valence-corrected chi connectivity index (χ3v) is 5.72. The van der Waals surface area contributed by atoms with Gasteiger partial charge >= 0.3 is 17.9 Å². The molecule has 1 aliphatic rings. The van der Waals surface area contributed by atoms with Gasteiger partial charge in [0.25, 0.3) is 5.91 Å². The van der Waals surface area contributed by atoms with E-state index in [4.69, 9.17) is 9.47 Å². The van der Waals surface area contributed by atoms with E-state index in [0.717, 1.165) is 0 Å². The first-order chi connectivity index (χ1) is 18.6. The lowest BCUT2D eigenvalue weighted by atomic mass is 10.3. The molecule has 0 unspecified atom stereocenters. The fraction of sp³-hybridized carbons (Fsp3) is 0.739. The van der Waals surface area contributed by atoms with Crippen molar-refractivity contribution in [2.75, 3.05) is 112 Å². The van der Waals surface area contributed by atoms with E-state index in [1.165, 1.54) is 0 Å². The van der Waals surface area contributed by atoms with Crippen LogP contribution in [0, 0.1) is 0 Å². The standard InChI is InChI=1S/C23H40N6O10/c1-24-20(31)18-39-13-12-38-11-2-25-19(30)14-26-3-5-27(15-21(32)33)7-9-29(17-23(36)37)10-8-28(6-4-26)16-22(34)35/h1-18H2,(H,25,30)(H,32,33)(H,34,35)(H,36,37). The van der Waals surface area contributed by atoms with E-state index < -0.39 is 23.8 Å². The molecule has 2 amide bonds. The van der Waals surface area contributed by atoms with Gasteiger partial charge in [0, 0.05) is 58.9 Å². The molecule has 0 bridgehead atoms. The lowest BCUT2D eigenvalue weighted by molar-refractivity contribution is -0.140. The van der Waals surface area contributed by atoms with E-state index >= 15 is 0 Å². The fourth-order valence-electron chi connectivity index (χ4n) is 3.73. The first kappa shape index (κ1) is 34.0. The van der Waals surface area contributed by atoms with Gasteiger partial charge in [0.2, 0.25) is 5.91 Å². The van der Waals surface area contributed by atoms with Crippen LogP contribution in [0.2, 0.25) is 0 Å². The second-order valence-electron chi connectivity index (χ2n) is 8.85. The molecule has 0 saturated carbocycles. The lowest BCUT2D eigenvalue weighted by Gasteiger charge is -2.32. The average Bonchev–Trinajstić information content (AvgIpc) is 2.86. The summed E-state index contributed by atoms with van der Waals surface area (Å²) in [4.78, 5) is 67.5. The van der Waals surface area contributed by atoms with E-state index in [0.29, 0.717) is 52.4 Å². The Bertz CT molecular complexity index is 782. The lowest BCUT2D eigenvalue weighted by Crippen LogP contribution is -2.50. The van der Waals surface area contributed by atoms with Crippen molar-refractivity contribution in [2.45, 2.75) is 0 Å². The van der Waals surface area contributed by atoms with Crippen LogP contribution in [0.5, 0.6) is 0 Å². The Morgan fingerprint density at radius 2 is 1.03 bits per heavy atom. The maximum atomic E-state index is 12.5. The third kappa shape index (κ3) is 18.0. The second-order valence-corrected chi connectivity index (χ2v) is 8.85. The molecule has 0 radical (unpaired) electrons. The third-order valence-electron chi connectivity index (χ3n) is 5.72. The van der Waals surface area contributed by atoms with Gasteiger partial charge in [-0.3, -0.25) is 43.6 Å². The molecule has 1 heterocycles. The number of carbonyl (C=O) groups excluding carboxylic acids is 2. The number of hydrogen-bond donors (Lipinski definition) is 4. The van der Waals surface area contributed by atoms with Crippen molar-refractivity contribution in [1.82, 2.24) is 24.9 Å². The van der Waals surface area contributed by atoms with Crippen molar-refractivity contribution in [3.8, 4) is 0 Å². The van der Waals surface area contributed by atoms with E-state index in [2.05, 4.69) is 17.0 Å². The topological polar surface area (TPSA) is 202 Å². The maximum absolute atomic E-state index is 12.5. The Morgan fingerprint density at radius 3 is 1.41 bits per heavy atom. The smallest absolute Gasteiger partial charge is 0.317 e. The number of hydrogen-bond acceptors (Lipinski definition) is 11. The van der Waals surface area contributed by atoms with Crippen LogP contribution >= 0.6 is 0 Å². The summed E-state index contributed by atoms with van der Waals surface area (Å²) in [5, 5.41) is 30.5. The van der Waals surface area contributed by atoms with Gasteiger partial charge in [0.15, 0.2) is 0 Å². The molecule has 0 aromatic carbocycles. The van der Waals surface area contributed by atoms with Crippen LogP contribution in [0.1, 0.15) is 0 Å². The van der Waals surface area contributed by atoms with Crippen molar-refractivity contribution in [2.24, 2.45) is 4.99 Å². The van der Waals surface area contributed by atoms with E-state index in [1.54, 1.807) is 14.7 Å². The number of nitrogens with zero attached hydrogens (tertiary/aromatic N) is 5. The fourth-order valence-corrected chi connectivity index (χ4v) is 3.73. The van der Waals surface area contributed by atoms with Crippen molar-refractivity contribution < 1.29 is 48.8 Å². The summed E-state index contributed by atoms with van der Waals surface area (Å²) in [7, 11) is 0. The van der Waals surface area contributed by atoms with Crippen molar-refractivity contribution in [1.29, 1.82) is 0 Å². The van der Waals surface area contributed by atoms with Gasteiger partial charge in [-0.15, -0.1) is 0 Å². The minimum Gasteiger partial charge on any atom is -0.480 e. The molecular weight excluding hydrogens is 520 g/mol. The van der Waals surface area contributed by atoms with Crippen LogP contribution in [0.4, 0.5) is 0 Å². The highest BCUT2D eigenvalue weighted by atomic mass is 16.5. The SMILES string of the molecule is C=NC(=O)COCCOCCNC(=O)CN1CCN(CC(=O)O)CCN(CC(=O)O)CCN(CC(=O)O)CC1. The highest BCUT2D eigenvalue weighted by Gasteiger charge is 2.21. The first-order valence-corrected chi connectivity index (χ1v) is 12.6. The predicted octanol–water partition coefficient (Wildman–Crippen LogP) is -3.16. The molecule has 4 N–H and O–H groups in total. The Morgan fingerprint density at radius 1 is 0.641 bits per heavy atom. The molecule has 222 valence electrons. The van der Waals surface area contributed by atoms with Crippen LogP contribution in [-0.4, -0.2) is 183 Å². The van der Waals surface area contributed by atoms with Gasteiger partial charge < -0.3 is 30.1 Å². The van der Waals surface area contributed by atoms with Gasteiger partial charge in [-0.1, -0.05) is 0 Å². The zero-order chi connectivity index (χ0) is 29.0. The molecule has 0 aliphatic carbocycles. The maximum Gasteiger partial charge on any atom is 0.317 e. The van der Waals surface area contributed by atoms with Gasteiger partial charge in [-0.05, 0) is 6.72 Å². The number of amides is 2. The number of carbonyl (C=O) groups is 5. The number of carboxylic acid groups (broad SMARTS) is 3. The van der Waals surface area contributed by atoms with Crippen molar-refractivity contribution in [3.05, 3.63) is 0 Å². The van der Waals surface area contributed by atoms with Crippen LogP contribution in [0.15, 0.2) is 4.99 Å². The quantitative estimate of drug-likeness (QED) is 0.109. The first-order valence-electron chi connectivity index (χ1n) is 12.6. The summed E-state index contributed by atoms with van der Waals surface area (Å²) >= 11 is 0. The number of nitrogens with one attached hydrogen (secondary N) is 1. The molecule has 39 heavy (non-hydrogen) atoms. The number of aliphatic carboxylic acids is 3. The molecular formula is C23H40N6O10. The Labute approximate surface area is 227 Å². The average molecular weight is 561 g/mol. The Hall–Kier alpha value is -3.02. The summed E-state index contributed by atoms with van der Waals surface area (Å²) < 4.78 is 10.4. The largest absolute Gasteiger partial charge is 0.480 e. The summed E-state index contributed by atoms with van der Waals surface area (Å²) in [6, 6.07) is 0. The van der Waals surface area contributed by atoms with Gasteiger partial charge in [0.05, 0.1) is 46.0 Å². The highest BCUT2D eigenvalue weighted by Crippen LogP contribution is 2.01. The highest BCUT2D eigenvalue weighted by molar-refractivity contribution is 5.81. The summed E-state index contributed by atoms with van der Waals surface area (Å²) in [6.45, 7) is 5.71. The monoisotopic (exact) mass is 560 g/mol. The minimum absolute atomic E-state index is 0.0206. The second kappa shape index (κ2) is 20.0.